The lowest BCUT2D eigenvalue weighted by atomic mass is 10.2. The molecule has 0 aliphatic heterocycles. The van der Waals surface area contributed by atoms with Crippen LogP contribution in [0.25, 0.3) is 0 Å². The fourth-order valence-corrected chi connectivity index (χ4v) is 2.04. The zero-order valence-corrected chi connectivity index (χ0v) is 12.0. The molecule has 0 unspecified atom stereocenters. The molecule has 0 aliphatic carbocycles. The summed E-state index contributed by atoms with van der Waals surface area (Å²) in [5, 5.41) is 13.5. The Morgan fingerprint density at radius 2 is 2.00 bits per heavy atom. The third-order valence-corrected chi connectivity index (χ3v) is 3.21. The van der Waals surface area contributed by atoms with Crippen LogP contribution in [0.15, 0.2) is 30.3 Å². The topological polar surface area (TPSA) is 58.4 Å². The molecule has 1 amide bonds. The van der Waals surface area contributed by atoms with Gasteiger partial charge in [-0.05, 0) is 30.2 Å². The number of rotatable bonds is 4. The van der Waals surface area contributed by atoms with Crippen LogP contribution in [0.5, 0.6) is 5.75 Å². The highest BCUT2D eigenvalue weighted by molar-refractivity contribution is 5.92. The summed E-state index contributed by atoms with van der Waals surface area (Å²) in [6.45, 7) is 2.50. The molecule has 0 fully saturated rings. The van der Waals surface area contributed by atoms with E-state index < -0.39 is 0 Å². The van der Waals surface area contributed by atoms with Crippen LogP contribution in [-0.4, -0.2) is 32.7 Å². The number of carbonyl (C=O) groups excluding carboxylic acids is 1. The van der Waals surface area contributed by atoms with Crippen molar-refractivity contribution in [3.8, 4) is 5.75 Å². The second-order valence-corrected chi connectivity index (χ2v) is 4.83. The van der Waals surface area contributed by atoms with Gasteiger partial charge in [0.1, 0.15) is 11.4 Å². The van der Waals surface area contributed by atoms with E-state index >= 15 is 0 Å². The average molecular weight is 273 g/mol. The second-order valence-electron chi connectivity index (χ2n) is 4.83. The standard InChI is InChI=1S/C15H19N3O2/c1-4-12-9-14(18(3)16-12)15(20)17(2)10-11-5-7-13(19)8-6-11/h5-9,19H,4,10H2,1-3H3. The molecule has 0 aliphatic rings. The van der Waals surface area contributed by atoms with Gasteiger partial charge in [-0.1, -0.05) is 19.1 Å². The number of carbonyl (C=O) groups is 1. The smallest absolute Gasteiger partial charge is 0.272 e. The van der Waals surface area contributed by atoms with Crippen LogP contribution in [0.4, 0.5) is 0 Å². The summed E-state index contributed by atoms with van der Waals surface area (Å²) < 4.78 is 1.62. The Balaban J connectivity index is 2.11. The molecule has 106 valence electrons. The highest BCUT2D eigenvalue weighted by atomic mass is 16.3. The van der Waals surface area contributed by atoms with Crippen molar-refractivity contribution >= 4 is 5.91 Å². The van der Waals surface area contributed by atoms with Gasteiger partial charge in [0.05, 0.1) is 5.69 Å². The first-order valence-corrected chi connectivity index (χ1v) is 6.57. The molecular formula is C15H19N3O2. The van der Waals surface area contributed by atoms with Gasteiger partial charge in [-0.15, -0.1) is 0 Å². The lowest BCUT2D eigenvalue weighted by Crippen LogP contribution is -2.28. The number of nitrogens with zero attached hydrogens (tertiary/aromatic N) is 3. The Morgan fingerprint density at radius 3 is 2.55 bits per heavy atom. The number of phenols is 1. The molecule has 2 aromatic rings. The van der Waals surface area contributed by atoms with Crippen molar-refractivity contribution in [2.45, 2.75) is 19.9 Å². The van der Waals surface area contributed by atoms with Crippen molar-refractivity contribution in [3.63, 3.8) is 0 Å². The van der Waals surface area contributed by atoms with Crippen molar-refractivity contribution in [3.05, 3.63) is 47.3 Å². The van der Waals surface area contributed by atoms with Gasteiger partial charge < -0.3 is 10.0 Å². The maximum absolute atomic E-state index is 12.4. The Bertz CT molecular complexity index is 602. The van der Waals surface area contributed by atoms with Gasteiger partial charge >= 0.3 is 0 Å². The van der Waals surface area contributed by atoms with Gasteiger partial charge in [0.25, 0.3) is 5.91 Å². The Hall–Kier alpha value is -2.30. The molecule has 5 nitrogen and oxygen atoms in total. The monoisotopic (exact) mass is 273 g/mol. The molecule has 1 heterocycles. The first kappa shape index (κ1) is 14.1. The van der Waals surface area contributed by atoms with Crippen LogP contribution in [0.3, 0.4) is 0 Å². The van der Waals surface area contributed by atoms with Crippen LogP contribution in [0, 0.1) is 0 Å². The fourth-order valence-electron chi connectivity index (χ4n) is 2.04. The molecule has 2 rings (SSSR count). The number of aryl methyl sites for hydroxylation is 2. The number of amides is 1. The number of hydrogen-bond donors (Lipinski definition) is 1. The van der Waals surface area contributed by atoms with Gasteiger partial charge in [0.2, 0.25) is 0 Å². The van der Waals surface area contributed by atoms with Gasteiger partial charge in [-0.2, -0.15) is 5.10 Å². The van der Waals surface area contributed by atoms with E-state index in [-0.39, 0.29) is 11.7 Å². The summed E-state index contributed by atoms with van der Waals surface area (Å²) in [6.07, 6.45) is 0.808. The minimum atomic E-state index is -0.0622. The van der Waals surface area contributed by atoms with E-state index in [0.717, 1.165) is 17.7 Å². The van der Waals surface area contributed by atoms with Crippen molar-refractivity contribution in [1.82, 2.24) is 14.7 Å². The van der Waals surface area contributed by atoms with Gasteiger partial charge in [0.15, 0.2) is 0 Å². The van der Waals surface area contributed by atoms with Crippen LogP contribution < -0.4 is 0 Å². The molecule has 1 N–H and O–H groups in total. The molecule has 0 bridgehead atoms. The van der Waals surface area contributed by atoms with Crippen molar-refractivity contribution in [2.24, 2.45) is 7.05 Å². The normalized spacial score (nSPS) is 10.6. The second kappa shape index (κ2) is 5.77. The zero-order valence-electron chi connectivity index (χ0n) is 12.0. The summed E-state index contributed by atoms with van der Waals surface area (Å²) in [4.78, 5) is 14.0. The highest BCUT2D eigenvalue weighted by Crippen LogP contribution is 2.13. The van der Waals surface area contributed by atoms with Crippen LogP contribution in [0.1, 0.15) is 28.7 Å². The van der Waals surface area contributed by atoms with Crippen LogP contribution in [-0.2, 0) is 20.0 Å². The zero-order chi connectivity index (χ0) is 14.7. The first-order chi connectivity index (χ1) is 9.51. The number of aromatic nitrogens is 2. The molecule has 5 heteroatoms. The SMILES string of the molecule is CCc1cc(C(=O)N(C)Cc2ccc(O)cc2)n(C)n1. The van der Waals surface area contributed by atoms with Gasteiger partial charge in [-0.25, -0.2) is 0 Å². The van der Waals surface area contributed by atoms with Crippen molar-refractivity contribution < 1.29 is 9.90 Å². The summed E-state index contributed by atoms with van der Waals surface area (Å²) in [7, 11) is 3.54. The van der Waals surface area contributed by atoms with Crippen LogP contribution in [0.2, 0.25) is 0 Å². The molecule has 1 aromatic heterocycles. The minimum absolute atomic E-state index is 0.0622. The van der Waals surface area contributed by atoms with Crippen molar-refractivity contribution in [1.29, 1.82) is 0 Å². The maximum Gasteiger partial charge on any atom is 0.272 e. The van der Waals surface area contributed by atoms with Crippen molar-refractivity contribution in [2.75, 3.05) is 7.05 Å². The number of benzene rings is 1. The molecule has 0 saturated heterocycles. The highest BCUT2D eigenvalue weighted by Gasteiger charge is 2.17. The van der Waals surface area contributed by atoms with Gasteiger partial charge in [-0.3, -0.25) is 9.48 Å². The van der Waals surface area contributed by atoms with E-state index in [1.54, 1.807) is 47.9 Å². The molecule has 20 heavy (non-hydrogen) atoms. The average Bonchev–Trinajstić information content (AvgIpc) is 2.81. The Labute approximate surface area is 118 Å². The third kappa shape index (κ3) is 2.99. The molecule has 0 saturated carbocycles. The molecule has 0 radical (unpaired) electrons. The predicted molar refractivity (Wildman–Crippen MR) is 76.5 cm³/mol. The summed E-state index contributed by atoms with van der Waals surface area (Å²) in [5.41, 5.74) is 2.47. The molecule has 1 aromatic carbocycles. The number of aromatic hydroxyl groups is 1. The largest absolute Gasteiger partial charge is 0.508 e. The fraction of sp³-hybridized carbons (Fsp3) is 0.333. The molecular weight excluding hydrogens is 254 g/mol. The van der Waals surface area contributed by atoms with Crippen LogP contribution >= 0.6 is 0 Å². The minimum Gasteiger partial charge on any atom is -0.508 e. The van der Waals surface area contributed by atoms with E-state index in [1.807, 2.05) is 13.0 Å². The molecule has 0 atom stereocenters. The van der Waals surface area contributed by atoms with E-state index in [0.29, 0.717) is 12.2 Å². The van der Waals surface area contributed by atoms with E-state index in [2.05, 4.69) is 5.10 Å². The third-order valence-electron chi connectivity index (χ3n) is 3.21. The maximum atomic E-state index is 12.4. The van der Waals surface area contributed by atoms with E-state index in [4.69, 9.17) is 0 Å². The van der Waals surface area contributed by atoms with E-state index in [9.17, 15) is 9.90 Å². The summed E-state index contributed by atoms with van der Waals surface area (Å²) in [6, 6.07) is 8.68. The van der Waals surface area contributed by atoms with Gasteiger partial charge in [0, 0.05) is 20.6 Å². The number of phenolic OH excluding ortho intramolecular Hbond substituents is 1. The molecule has 0 spiro atoms. The quantitative estimate of drug-likeness (QED) is 0.926. The Morgan fingerprint density at radius 1 is 1.35 bits per heavy atom. The predicted octanol–water partition coefficient (Wildman–Crippen LogP) is 1.96. The van der Waals surface area contributed by atoms with E-state index in [1.165, 1.54) is 0 Å². The lowest BCUT2D eigenvalue weighted by Gasteiger charge is -2.17. The summed E-state index contributed by atoms with van der Waals surface area (Å²) in [5.74, 6) is 0.162. The first-order valence-electron chi connectivity index (χ1n) is 6.57. The lowest BCUT2D eigenvalue weighted by molar-refractivity contribution is 0.0774. The number of hydrogen-bond acceptors (Lipinski definition) is 3. The summed E-state index contributed by atoms with van der Waals surface area (Å²) >= 11 is 0. The Kier molecular flexibility index (Phi) is 4.08.